The van der Waals surface area contributed by atoms with Crippen LogP contribution in [0.3, 0.4) is 0 Å². The Balaban J connectivity index is 1.45. The highest BCUT2D eigenvalue weighted by Crippen LogP contribution is 2.39. The molecule has 3 heterocycles. The molecule has 1 saturated heterocycles. The van der Waals surface area contributed by atoms with Crippen LogP contribution < -0.4 is 14.5 Å². The zero-order valence-corrected chi connectivity index (χ0v) is 18.3. The summed E-state index contributed by atoms with van der Waals surface area (Å²) in [5, 5.41) is 0. The van der Waals surface area contributed by atoms with Crippen LogP contribution in [0.1, 0.15) is 31.4 Å². The molecule has 1 aromatic heterocycles. The van der Waals surface area contributed by atoms with Crippen molar-refractivity contribution in [2.24, 2.45) is 0 Å². The van der Waals surface area contributed by atoms with Crippen molar-refractivity contribution in [1.29, 1.82) is 0 Å². The van der Waals surface area contributed by atoms with E-state index in [-0.39, 0.29) is 11.9 Å². The van der Waals surface area contributed by atoms with Crippen LogP contribution in [0.25, 0.3) is 0 Å². The van der Waals surface area contributed by atoms with Gasteiger partial charge in [0.25, 0.3) is 0 Å². The third kappa shape index (κ3) is 4.88. The molecule has 0 atom stereocenters. The molecule has 7 heteroatoms. The van der Waals surface area contributed by atoms with E-state index in [2.05, 4.69) is 26.9 Å². The summed E-state index contributed by atoms with van der Waals surface area (Å²) in [6.07, 6.45) is 4.58. The predicted octanol–water partition coefficient (Wildman–Crippen LogP) is 2.67. The second-order valence-electron chi connectivity index (χ2n) is 8.18. The van der Waals surface area contributed by atoms with Gasteiger partial charge in [0.15, 0.2) is 5.75 Å². The summed E-state index contributed by atoms with van der Waals surface area (Å²) >= 11 is 0. The molecular formula is C24H30N4O3. The lowest BCUT2D eigenvalue weighted by molar-refractivity contribution is -0.132. The van der Waals surface area contributed by atoms with Gasteiger partial charge in [-0.25, -0.2) is 4.98 Å². The molecule has 1 fully saturated rings. The zero-order valence-electron chi connectivity index (χ0n) is 18.3. The first-order chi connectivity index (χ1) is 15.0. The van der Waals surface area contributed by atoms with Crippen molar-refractivity contribution in [3.63, 3.8) is 0 Å². The Morgan fingerprint density at radius 3 is 2.52 bits per heavy atom. The number of aromatic nitrogens is 1. The molecule has 2 aliphatic heterocycles. The maximum absolute atomic E-state index is 12.2. The second kappa shape index (κ2) is 9.47. The fourth-order valence-corrected chi connectivity index (χ4v) is 4.56. The van der Waals surface area contributed by atoms with Crippen LogP contribution in [0.5, 0.6) is 5.75 Å². The Labute approximate surface area is 183 Å². The van der Waals surface area contributed by atoms with E-state index in [9.17, 15) is 9.59 Å². The van der Waals surface area contributed by atoms with Crippen LogP contribution in [0, 0.1) is 0 Å². The summed E-state index contributed by atoms with van der Waals surface area (Å²) in [7, 11) is 0. The standard InChI is InChI=1S/C24H30N4O3/c1-18(29)28-12-5-6-21-20(8-9-22(24(21)28)31-19(2)30)10-13-26-14-16-27(17-15-26)23-7-3-4-11-25-23/h3-4,7-9,11H,5-6,10,12-17H2,1-2H3. The normalized spacial score (nSPS) is 16.7. The molecule has 0 saturated carbocycles. The summed E-state index contributed by atoms with van der Waals surface area (Å²) in [4.78, 5) is 34.8. The van der Waals surface area contributed by atoms with Crippen LogP contribution in [0.15, 0.2) is 36.5 Å². The van der Waals surface area contributed by atoms with Crippen LogP contribution in [0.2, 0.25) is 0 Å². The number of hydrogen-bond acceptors (Lipinski definition) is 6. The van der Waals surface area contributed by atoms with Gasteiger partial charge in [-0.2, -0.15) is 0 Å². The molecule has 2 aliphatic rings. The Bertz CT molecular complexity index is 939. The van der Waals surface area contributed by atoms with Crippen LogP contribution >= 0.6 is 0 Å². The molecule has 0 unspecified atom stereocenters. The summed E-state index contributed by atoms with van der Waals surface area (Å²) in [6.45, 7) is 8.54. The maximum Gasteiger partial charge on any atom is 0.308 e. The van der Waals surface area contributed by atoms with Gasteiger partial charge in [0.2, 0.25) is 5.91 Å². The third-order valence-electron chi connectivity index (χ3n) is 6.10. The van der Waals surface area contributed by atoms with Crippen molar-refractivity contribution in [2.45, 2.75) is 33.1 Å². The van der Waals surface area contributed by atoms with Gasteiger partial charge in [-0.1, -0.05) is 12.1 Å². The molecule has 0 radical (unpaired) electrons. The molecule has 2 aromatic rings. The van der Waals surface area contributed by atoms with Crippen molar-refractivity contribution in [3.8, 4) is 5.75 Å². The number of carbonyl (C=O) groups excluding carboxylic acids is 2. The number of hydrogen-bond donors (Lipinski definition) is 0. The fraction of sp³-hybridized carbons (Fsp3) is 0.458. The van der Waals surface area contributed by atoms with Gasteiger partial charge < -0.3 is 14.5 Å². The van der Waals surface area contributed by atoms with Gasteiger partial charge >= 0.3 is 5.97 Å². The molecule has 0 spiro atoms. The summed E-state index contributed by atoms with van der Waals surface area (Å²) in [5.74, 6) is 1.15. The molecule has 31 heavy (non-hydrogen) atoms. The first-order valence-electron chi connectivity index (χ1n) is 11.0. The van der Waals surface area contributed by atoms with Gasteiger partial charge in [-0.05, 0) is 48.6 Å². The number of fused-ring (bicyclic) bond motifs is 1. The summed E-state index contributed by atoms with van der Waals surface area (Å²) in [5.41, 5.74) is 3.17. The molecule has 0 aliphatic carbocycles. The average molecular weight is 423 g/mol. The lowest BCUT2D eigenvalue weighted by atomic mass is 9.93. The summed E-state index contributed by atoms with van der Waals surface area (Å²) < 4.78 is 5.44. The Morgan fingerprint density at radius 1 is 1.03 bits per heavy atom. The predicted molar refractivity (Wildman–Crippen MR) is 121 cm³/mol. The van der Waals surface area contributed by atoms with E-state index in [4.69, 9.17) is 4.74 Å². The van der Waals surface area contributed by atoms with E-state index >= 15 is 0 Å². The minimum absolute atomic E-state index is 0.0165. The van der Waals surface area contributed by atoms with Gasteiger partial charge in [0.1, 0.15) is 5.82 Å². The number of carbonyl (C=O) groups is 2. The quantitative estimate of drug-likeness (QED) is 0.545. The number of piperazine rings is 1. The molecule has 1 amide bonds. The van der Waals surface area contributed by atoms with Gasteiger partial charge in [0, 0.05) is 59.3 Å². The Hall–Kier alpha value is -2.93. The van der Waals surface area contributed by atoms with Crippen molar-refractivity contribution in [3.05, 3.63) is 47.7 Å². The minimum Gasteiger partial charge on any atom is -0.424 e. The monoisotopic (exact) mass is 422 g/mol. The Morgan fingerprint density at radius 2 is 1.84 bits per heavy atom. The molecule has 0 bridgehead atoms. The molecule has 4 rings (SSSR count). The highest BCUT2D eigenvalue weighted by molar-refractivity contribution is 5.95. The van der Waals surface area contributed by atoms with E-state index in [0.717, 1.165) is 69.1 Å². The molecule has 164 valence electrons. The van der Waals surface area contributed by atoms with Crippen LogP contribution in [-0.4, -0.2) is 61.0 Å². The van der Waals surface area contributed by atoms with E-state index in [1.54, 1.807) is 11.8 Å². The lowest BCUT2D eigenvalue weighted by Crippen LogP contribution is -2.47. The number of rotatable bonds is 5. The number of benzene rings is 1. The number of pyridine rings is 1. The molecule has 0 N–H and O–H groups in total. The third-order valence-corrected chi connectivity index (χ3v) is 6.10. The van der Waals surface area contributed by atoms with Crippen LogP contribution in [0.4, 0.5) is 11.5 Å². The minimum atomic E-state index is -0.366. The topological polar surface area (TPSA) is 66.0 Å². The number of nitrogens with zero attached hydrogens (tertiary/aromatic N) is 4. The van der Waals surface area contributed by atoms with Crippen LogP contribution in [-0.2, 0) is 22.4 Å². The first-order valence-corrected chi connectivity index (χ1v) is 11.0. The number of esters is 1. The average Bonchev–Trinajstić information content (AvgIpc) is 2.78. The smallest absolute Gasteiger partial charge is 0.308 e. The number of anilines is 2. The molecule has 1 aromatic carbocycles. The summed E-state index contributed by atoms with van der Waals surface area (Å²) in [6, 6.07) is 9.94. The molecular weight excluding hydrogens is 392 g/mol. The highest BCUT2D eigenvalue weighted by Gasteiger charge is 2.27. The van der Waals surface area contributed by atoms with E-state index < -0.39 is 0 Å². The van der Waals surface area contributed by atoms with E-state index in [1.165, 1.54) is 12.5 Å². The maximum atomic E-state index is 12.2. The Kier molecular flexibility index (Phi) is 6.51. The second-order valence-corrected chi connectivity index (χ2v) is 8.18. The van der Waals surface area contributed by atoms with Gasteiger partial charge in [-0.3, -0.25) is 14.5 Å². The zero-order chi connectivity index (χ0) is 21.8. The van der Waals surface area contributed by atoms with Gasteiger partial charge in [-0.15, -0.1) is 0 Å². The molecule has 7 nitrogen and oxygen atoms in total. The van der Waals surface area contributed by atoms with Crippen molar-refractivity contribution in [2.75, 3.05) is 49.1 Å². The fourth-order valence-electron chi connectivity index (χ4n) is 4.56. The number of amides is 1. The largest absolute Gasteiger partial charge is 0.424 e. The first kappa shape index (κ1) is 21.3. The van der Waals surface area contributed by atoms with E-state index in [1.807, 2.05) is 24.4 Å². The van der Waals surface area contributed by atoms with Crippen molar-refractivity contribution in [1.82, 2.24) is 9.88 Å². The van der Waals surface area contributed by atoms with Gasteiger partial charge in [0.05, 0.1) is 5.69 Å². The highest BCUT2D eigenvalue weighted by atomic mass is 16.5. The van der Waals surface area contributed by atoms with Crippen molar-refractivity contribution < 1.29 is 14.3 Å². The number of ether oxygens (including phenoxy) is 1. The van der Waals surface area contributed by atoms with E-state index in [0.29, 0.717) is 12.3 Å². The lowest BCUT2D eigenvalue weighted by Gasteiger charge is -2.36. The van der Waals surface area contributed by atoms with Crippen molar-refractivity contribution >= 4 is 23.4 Å². The SMILES string of the molecule is CC(=O)Oc1ccc(CCN2CCN(c3ccccn3)CC2)c2c1N(C(C)=O)CCC2.